The molecule has 0 unspecified atom stereocenters. The van der Waals surface area contributed by atoms with Gasteiger partial charge in [0, 0.05) is 22.9 Å². The number of anilines is 3. The Morgan fingerprint density at radius 2 is 1.95 bits per heavy atom. The molecule has 2 aromatic rings. The van der Waals surface area contributed by atoms with E-state index in [0.717, 1.165) is 11.3 Å². The number of carbonyl (C=O) groups is 1. The molecule has 110 valence electrons. The predicted octanol–water partition coefficient (Wildman–Crippen LogP) is 3.72. The molecule has 0 aromatic heterocycles. The molecule has 0 aliphatic rings. The van der Waals surface area contributed by atoms with Crippen molar-refractivity contribution in [3.63, 3.8) is 0 Å². The summed E-state index contributed by atoms with van der Waals surface area (Å²) in [5, 5.41) is 6.67. The van der Waals surface area contributed by atoms with Crippen LogP contribution in [0.3, 0.4) is 0 Å². The number of nitrogens with two attached hydrogens (primary N) is 1. The zero-order valence-electron chi connectivity index (χ0n) is 12.0. The minimum absolute atomic E-state index is 0.160. The van der Waals surface area contributed by atoms with Crippen LogP contribution in [-0.4, -0.2) is 12.5 Å². The summed E-state index contributed by atoms with van der Waals surface area (Å²) in [6.45, 7) is 4.41. The Hall–Kier alpha value is -2.20. The summed E-state index contributed by atoms with van der Waals surface area (Å²) in [6, 6.07) is 10.8. The van der Waals surface area contributed by atoms with Gasteiger partial charge in [-0.2, -0.15) is 0 Å². The highest BCUT2D eigenvalue weighted by atomic mass is 35.5. The maximum Gasteiger partial charge on any atom is 0.253 e. The van der Waals surface area contributed by atoms with Gasteiger partial charge < -0.3 is 16.4 Å². The van der Waals surface area contributed by atoms with E-state index in [9.17, 15) is 4.79 Å². The van der Waals surface area contributed by atoms with E-state index in [2.05, 4.69) is 10.6 Å². The third-order valence-corrected chi connectivity index (χ3v) is 3.33. The van der Waals surface area contributed by atoms with Gasteiger partial charge in [-0.05, 0) is 49.7 Å². The molecule has 21 heavy (non-hydrogen) atoms. The Morgan fingerprint density at radius 3 is 2.67 bits per heavy atom. The summed E-state index contributed by atoms with van der Waals surface area (Å²) < 4.78 is 0. The van der Waals surface area contributed by atoms with Crippen molar-refractivity contribution in [2.45, 2.75) is 13.8 Å². The molecular weight excluding hydrogens is 286 g/mol. The van der Waals surface area contributed by atoms with Gasteiger partial charge in [-0.1, -0.05) is 17.7 Å². The summed E-state index contributed by atoms with van der Waals surface area (Å²) in [4.78, 5) is 12.1. The number of benzene rings is 2. The maximum atomic E-state index is 12.1. The second-order valence-corrected chi connectivity index (χ2v) is 5.19. The number of amides is 1. The van der Waals surface area contributed by atoms with Crippen LogP contribution in [0.4, 0.5) is 17.1 Å². The number of carbonyl (C=O) groups excluding carboxylic acids is 1. The summed E-state index contributed by atoms with van der Waals surface area (Å²) in [5.74, 6) is -0.160. The van der Waals surface area contributed by atoms with Gasteiger partial charge in [0.05, 0.1) is 11.3 Å². The minimum Gasteiger partial charge on any atom is -0.399 e. The molecule has 0 spiro atoms. The van der Waals surface area contributed by atoms with Crippen molar-refractivity contribution in [2.24, 2.45) is 0 Å². The molecule has 4 nitrogen and oxygen atoms in total. The molecule has 0 saturated carbocycles. The lowest BCUT2D eigenvalue weighted by Crippen LogP contribution is -2.23. The quantitative estimate of drug-likeness (QED) is 0.754. The highest BCUT2D eigenvalue weighted by Crippen LogP contribution is 2.27. The van der Waals surface area contributed by atoms with Gasteiger partial charge in [-0.3, -0.25) is 4.79 Å². The fraction of sp³-hybridized carbons (Fsp3) is 0.188. The van der Waals surface area contributed by atoms with Gasteiger partial charge in [-0.25, -0.2) is 0 Å². The largest absolute Gasteiger partial charge is 0.399 e. The summed E-state index contributed by atoms with van der Waals surface area (Å²) in [7, 11) is 0. The number of halogens is 1. The fourth-order valence-corrected chi connectivity index (χ4v) is 2.16. The Morgan fingerprint density at radius 1 is 1.19 bits per heavy atom. The van der Waals surface area contributed by atoms with Gasteiger partial charge in [0.1, 0.15) is 0 Å². The van der Waals surface area contributed by atoms with Crippen LogP contribution in [0, 0.1) is 6.92 Å². The van der Waals surface area contributed by atoms with E-state index in [1.165, 1.54) is 0 Å². The first-order chi connectivity index (χ1) is 10.0. The van der Waals surface area contributed by atoms with Crippen LogP contribution in [-0.2, 0) is 0 Å². The van der Waals surface area contributed by atoms with E-state index in [4.69, 9.17) is 17.3 Å². The molecule has 2 aromatic carbocycles. The lowest BCUT2D eigenvalue weighted by Gasteiger charge is -2.14. The Labute approximate surface area is 129 Å². The molecule has 0 heterocycles. The van der Waals surface area contributed by atoms with Crippen molar-refractivity contribution in [1.29, 1.82) is 0 Å². The molecule has 0 saturated heterocycles. The lowest BCUT2D eigenvalue weighted by molar-refractivity contribution is 0.0956. The van der Waals surface area contributed by atoms with E-state index in [-0.39, 0.29) is 5.91 Å². The monoisotopic (exact) mass is 303 g/mol. The summed E-state index contributed by atoms with van der Waals surface area (Å²) in [6.07, 6.45) is 0. The molecule has 1 amide bonds. The third kappa shape index (κ3) is 3.67. The van der Waals surface area contributed by atoms with Crippen LogP contribution >= 0.6 is 11.6 Å². The standard InChI is InChI=1S/C16H18ClN3O/c1-3-19-16(21)13-9-12(18)6-7-14(13)20-15-8-11(17)5-4-10(15)2/h4-9,20H,3,18H2,1-2H3,(H,19,21). The maximum absolute atomic E-state index is 12.1. The molecule has 0 aliphatic heterocycles. The molecule has 0 atom stereocenters. The molecule has 4 N–H and O–H groups in total. The Balaban J connectivity index is 2.39. The number of nitrogen functional groups attached to an aromatic ring is 1. The number of hydrogen-bond acceptors (Lipinski definition) is 3. The van der Waals surface area contributed by atoms with Crippen molar-refractivity contribution in [3.05, 3.63) is 52.5 Å². The zero-order valence-corrected chi connectivity index (χ0v) is 12.8. The fourth-order valence-electron chi connectivity index (χ4n) is 1.99. The van der Waals surface area contributed by atoms with Crippen molar-refractivity contribution in [2.75, 3.05) is 17.6 Å². The number of hydrogen-bond donors (Lipinski definition) is 3. The van der Waals surface area contributed by atoms with Crippen LogP contribution in [0.5, 0.6) is 0 Å². The highest BCUT2D eigenvalue weighted by Gasteiger charge is 2.12. The smallest absolute Gasteiger partial charge is 0.253 e. The predicted molar refractivity (Wildman–Crippen MR) is 88.3 cm³/mol. The topological polar surface area (TPSA) is 67.2 Å². The van der Waals surface area contributed by atoms with Crippen molar-refractivity contribution >= 4 is 34.6 Å². The van der Waals surface area contributed by atoms with Gasteiger partial charge in [0.15, 0.2) is 0 Å². The number of nitrogens with one attached hydrogen (secondary N) is 2. The lowest BCUT2D eigenvalue weighted by atomic mass is 10.1. The second kappa shape index (κ2) is 6.50. The van der Waals surface area contributed by atoms with Crippen LogP contribution in [0.15, 0.2) is 36.4 Å². The van der Waals surface area contributed by atoms with Gasteiger partial charge in [0.2, 0.25) is 0 Å². The van der Waals surface area contributed by atoms with Crippen molar-refractivity contribution in [1.82, 2.24) is 5.32 Å². The highest BCUT2D eigenvalue weighted by molar-refractivity contribution is 6.30. The van der Waals surface area contributed by atoms with Gasteiger partial charge in [0.25, 0.3) is 5.91 Å². The van der Waals surface area contributed by atoms with Crippen LogP contribution in [0.2, 0.25) is 5.02 Å². The van der Waals surface area contributed by atoms with Crippen LogP contribution in [0.25, 0.3) is 0 Å². The Kier molecular flexibility index (Phi) is 4.70. The number of aryl methyl sites for hydroxylation is 1. The van der Waals surface area contributed by atoms with E-state index in [0.29, 0.717) is 28.5 Å². The SMILES string of the molecule is CCNC(=O)c1cc(N)ccc1Nc1cc(Cl)ccc1C. The average molecular weight is 304 g/mol. The van der Waals surface area contributed by atoms with Crippen molar-refractivity contribution < 1.29 is 4.79 Å². The summed E-state index contributed by atoms with van der Waals surface area (Å²) in [5.41, 5.74) is 9.43. The van der Waals surface area contributed by atoms with E-state index < -0.39 is 0 Å². The van der Waals surface area contributed by atoms with E-state index in [1.54, 1.807) is 18.2 Å². The first kappa shape index (κ1) is 15.2. The molecule has 0 radical (unpaired) electrons. The first-order valence-corrected chi connectivity index (χ1v) is 7.10. The molecule has 0 fully saturated rings. The molecule has 0 bridgehead atoms. The summed E-state index contributed by atoms with van der Waals surface area (Å²) >= 11 is 6.02. The first-order valence-electron chi connectivity index (χ1n) is 6.72. The zero-order chi connectivity index (χ0) is 15.4. The Bertz CT molecular complexity index is 671. The number of rotatable bonds is 4. The molecule has 0 aliphatic carbocycles. The van der Waals surface area contributed by atoms with Crippen LogP contribution in [0.1, 0.15) is 22.8 Å². The van der Waals surface area contributed by atoms with E-state index in [1.807, 2.05) is 32.0 Å². The minimum atomic E-state index is -0.160. The average Bonchev–Trinajstić information content (AvgIpc) is 2.45. The van der Waals surface area contributed by atoms with Crippen molar-refractivity contribution in [3.8, 4) is 0 Å². The molecular formula is C16H18ClN3O. The normalized spacial score (nSPS) is 10.2. The van der Waals surface area contributed by atoms with Crippen LogP contribution < -0.4 is 16.4 Å². The molecule has 5 heteroatoms. The van der Waals surface area contributed by atoms with Gasteiger partial charge >= 0.3 is 0 Å². The van der Waals surface area contributed by atoms with Gasteiger partial charge in [-0.15, -0.1) is 0 Å². The second-order valence-electron chi connectivity index (χ2n) is 4.75. The molecule has 2 rings (SSSR count). The van der Waals surface area contributed by atoms with E-state index >= 15 is 0 Å². The third-order valence-electron chi connectivity index (χ3n) is 3.09.